The fraction of sp³-hybridized carbons (Fsp3) is 0.780. The molecule has 0 spiro atoms. The molecule has 0 atom stereocenters. The van der Waals surface area contributed by atoms with Crippen molar-refractivity contribution in [3.63, 3.8) is 0 Å². The number of rotatable bonds is 11. The molecule has 5 saturated carbocycles. The lowest BCUT2D eigenvalue weighted by Gasteiger charge is -2.57. The predicted molar refractivity (Wildman–Crippen MR) is 246 cm³/mol. The lowest BCUT2D eigenvalue weighted by molar-refractivity contribution is -0.134. The Labute approximate surface area is 366 Å². The molecule has 1 aromatic carbocycles. The maximum Gasteiger partial charge on any atom is 0.225 e. The van der Waals surface area contributed by atoms with Crippen LogP contribution in [0, 0.1) is 52.3 Å². The van der Waals surface area contributed by atoms with E-state index in [9.17, 15) is 24.0 Å². The van der Waals surface area contributed by atoms with Crippen LogP contribution < -0.4 is 21.3 Å². The molecule has 0 radical (unpaired) electrons. The van der Waals surface area contributed by atoms with E-state index in [0.29, 0.717) is 25.4 Å². The molecule has 4 N–H and O–H groups in total. The molecule has 0 saturated heterocycles. The molecular weight excluding hydrogens is 753 g/mol. The fourth-order valence-corrected chi connectivity index (χ4v) is 8.35. The highest BCUT2D eigenvalue weighted by molar-refractivity contribution is 5.85. The number of Topliss-reactive ketones (excluding diaryl/α,β-unsaturated/α-hetero) is 1. The maximum absolute atomic E-state index is 12.2. The summed E-state index contributed by atoms with van der Waals surface area (Å²) in [7, 11) is 3.25. The standard InChI is InChI=1S/C15H25NO.C12H16O.C11H21NO.C7H15NO2.C5H11NO/c1-14(2,3)13(17)16-15-7-10-4-11(8-15)6-12(5-10)9-15;1-12(2,3)11(13)9-10-7-5-4-6-8-10;1-9(2)11(13)12-8-10-6-4-3-5-7-10;1-6(2)7(9)8-4-5-10-3;1-4(2)5(7)6-3/h10-12H,4-9H2,1-3H3,(H,16,17);4-8H,9H2,1-3H3;9-10H,3-8H2,1-2H3,(H,12,13);6H,4-5H2,1-3H3,(H,8,9);4H,1-3H3,(H,6,7). The number of ketones is 1. The smallest absolute Gasteiger partial charge is 0.225 e. The average molecular weight is 841 g/mol. The van der Waals surface area contributed by atoms with E-state index in [1.54, 1.807) is 14.2 Å². The summed E-state index contributed by atoms with van der Waals surface area (Å²) in [5.74, 6) is 4.69. The van der Waals surface area contributed by atoms with Gasteiger partial charge in [-0.3, -0.25) is 24.0 Å². The fourth-order valence-electron chi connectivity index (χ4n) is 8.35. The Morgan fingerprint density at radius 2 is 1.15 bits per heavy atom. The van der Waals surface area contributed by atoms with Crippen molar-refractivity contribution in [2.24, 2.45) is 52.3 Å². The number of carbonyl (C=O) groups excluding carboxylic acids is 5. The molecule has 4 bridgehead atoms. The second-order valence-electron chi connectivity index (χ2n) is 20.8. The van der Waals surface area contributed by atoms with Crippen LogP contribution in [0.2, 0.25) is 0 Å². The van der Waals surface area contributed by atoms with E-state index in [4.69, 9.17) is 4.74 Å². The lowest BCUT2D eigenvalue weighted by atomic mass is 9.53. The topological polar surface area (TPSA) is 143 Å². The van der Waals surface area contributed by atoms with Gasteiger partial charge >= 0.3 is 0 Å². The monoisotopic (exact) mass is 841 g/mol. The molecule has 5 fully saturated rings. The number of hydrogen-bond donors (Lipinski definition) is 4. The maximum atomic E-state index is 12.2. The Balaban J connectivity index is 0.000000386. The van der Waals surface area contributed by atoms with Crippen molar-refractivity contribution in [1.82, 2.24) is 21.3 Å². The van der Waals surface area contributed by atoms with Gasteiger partial charge in [0, 0.05) is 67.8 Å². The van der Waals surface area contributed by atoms with Crippen LogP contribution in [0.3, 0.4) is 0 Å². The van der Waals surface area contributed by atoms with E-state index in [2.05, 4.69) is 21.3 Å². The number of nitrogens with one attached hydrogen (secondary N) is 4. The largest absolute Gasteiger partial charge is 0.383 e. The van der Waals surface area contributed by atoms with Gasteiger partial charge in [-0.25, -0.2) is 0 Å². The van der Waals surface area contributed by atoms with Crippen molar-refractivity contribution in [3.8, 4) is 0 Å². The SMILES string of the molecule is CC(C)(C)C(=O)Cc1ccccc1.CC(C)(C)C(=O)NC12CC3CC(CC(C3)C1)C2.CC(C)C(=O)NCC1CCCCC1.CNC(=O)C(C)C.COCCNC(=O)C(C)C. The number of ether oxygens (including phenoxy) is 1. The first-order valence-electron chi connectivity index (χ1n) is 23.1. The van der Waals surface area contributed by atoms with Crippen LogP contribution in [0.15, 0.2) is 30.3 Å². The molecule has 4 amide bonds. The molecular formula is C50H88N4O6. The molecule has 10 nitrogen and oxygen atoms in total. The summed E-state index contributed by atoms with van der Waals surface area (Å²) in [6.45, 7) is 25.3. The van der Waals surface area contributed by atoms with Crippen LogP contribution in [-0.2, 0) is 35.1 Å². The molecule has 5 aliphatic rings. The highest BCUT2D eigenvalue weighted by Gasteiger charge is 2.52. The van der Waals surface area contributed by atoms with Crippen molar-refractivity contribution in [2.45, 2.75) is 166 Å². The van der Waals surface area contributed by atoms with Gasteiger partial charge in [0.25, 0.3) is 0 Å². The van der Waals surface area contributed by atoms with E-state index in [1.807, 2.05) is 113 Å². The summed E-state index contributed by atoms with van der Waals surface area (Å²) in [5, 5.41) is 11.7. The highest BCUT2D eigenvalue weighted by atomic mass is 16.5. The Bertz CT molecular complexity index is 1380. The molecule has 60 heavy (non-hydrogen) atoms. The molecule has 1 aromatic rings. The summed E-state index contributed by atoms with van der Waals surface area (Å²) in [6, 6.07) is 9.87. The minimum Gasteiger partial charge on any atom is -0.383 e. The Hall–Kier alpha value is -3.27. The van der Waals surface area contributed by atoms with Gasteiger partial charge in [-0.1, -0.05) is 133 Å². The zero-order chi connectivity index (χ0) is 45.7. The molecule has 0 aromatic heterocycles. The van der Waals surface area contributed by atoms with Crippen molar-refractivity contribution in [2.75, 3.05) is 33.9 Å². The zero-order valence-electron chi connectivity index (χ0n) is 40.5. The van der Waals surface area contributed by atoms with Crippen LogP contribution in [0.25, 0.3) is 0 Å². The summed E-state index contributed by atoms with van der Waals surface area (Å²) < 4.78 is 4.76. The van der Waals surface area contributed by atoms with Crippen LogP contribution in [0.5, 0.6) is 0 Å². The van der Waals surface area contributed by atoms with Crippen molar-refractivity contribution < 1.29 is 28.7 Å². The first-order chi connectivity index (χ1) is 27.9. The van der Waals surface area contributed by atoms with Crippen LogP contribution in [0.1, 0.15) is 159 Å². The van der Waals surface area contributed by atoms with Gasteiger partial charge in [0.15, 0.2) is 0 Å². The van der Waals surface area contributed by atoms with Gasteiger partial charge in [0.2, 0.25) is 23.6 Å². The second-order valence-corrected chi connectivity index (χ2v) is 20.8. The van der Waals surface area contributed by atoms with Crippen LogP contribution in [0.4, 0.5) is 0 Å². The molecule has 6 rings (SSSR count). The highest BCUT2D eigenvalue weighted by Crippen LogP contribution is 2.55. The normalized spacial score (nSPS) is 21.7. The summed E-state index contributed by atoms with van der Waals surface area (Å²) in [6.07, 6.45) is 15.3. The number of amides is 4. The van der Waals surface area contributed by atoms with Gasteiger partial charge in [0.05, 0.1) is 6.61 Å². The van der Waals surface area contributed by atoms with E-state index in [1.165, 1.54) is 70.6 Å². The molecule has 0 unspecified atom stereocenters. The van der Waals surface area contributed by atoms with E-state index in [0.717, 1.165) is 35.8 Å². The summed E-state index contributed by atoms with van der Waals surface area (Å²) in [4.78, 5) is 56.4. The first-order valence-corrected chi connectivity index (χ1v) is 23.1. The molecule has 5 aliphatic carbocycles. The third-order valence-corrected chi connectivity index (χ3v) is 11.9. The van der Waals surface area contributed by atoms with Gasteiger partial charge < -0.3 is 26.0 Å². The van der Waals surface area contributed by atoms with Crippen molar-refractivity contribution in [1.29, 1.82) is 0 Å². The van der Waals surface area contributed by atoms with E-state index in [-0.39, 0.29) is 57.8 Å². The van der Waals surface area contributed by atoms with E-state index >= 15 is 0 Å². The minimum atomic E-state index is -0.247. The van der Waals surface area contributed by atoms with Crippen LogP contribution >= 0.6 is 0 Å². The average Bonchev–Trinajstić information content (AvgIpc) is 3.17. The predicted octanol–water partition coefficient (Wildman–Crippen LogP) is 9.09. The third-order valence-electron chi connectivity index (χ3n) is 11.9. The van der Waals surface area contributed by atoms with E-state index < -0.39 is 0 Å². The number of methoxy groups -OCH3 is 1. The summed E-state index contributed by atoms with van der Waals surface area (Å²) >= 11 is 0. The zero-order valence-corrected chi connectivity index (χ0v) is 40.5. The van der Waals surface area contributed by atoms with Crippen molar-refractivity contribution >= 4 is 29.4 Å². The number of carbonyl (C=O) groups is 5. The lowest BCUT2D eigenvalue weighted by Crippen LogP contribution is -2.61. The van der Waals surface area contributed by atoms with Crippen LogP contribution in [-0.4, -0.2) is 68.8 Å². The third kappa shape index (κ3) is 22.0. The molecule has 10 heteroatoms. The molecule has 344 valence electrons. The second kappa shape index (κ2) is 26.9. The quantitative estimate of drug-likeness (QED) is 0.164. The van der Waals surface area contributed by atoms with Crippen molar-refractivity contribution in [3.05, 3.63) is 35.9 Å². The first kappa shape index (κ1) is 54.7. The Morgan fingerprint density at radius 1 is 0.683 bits per heavy atom. The van der Waals surface area contributed by atoms with Gasteiger partial charge in [0.1, 0.15) is 5.78 Å². The Morgan fingerprint density at radius 3 is 1.53 bits per heavy atom. The minimum absolute atomic E-state index is 0.0665. The molecule has 0 aliphatic heterocycles. The summed E-state index contributed by atoms with van der Waals surface area (Å²) in [5.41, 5.74) is 0.806. The molecule has 0 heterocycles. The van der Waals surface area contributed by atoms with Gasteiger partial charge in [-0.05, 0) is 80.6 Å². The number of benzene rings is 1. The Kier molecular flexibility index (Phi) is 24.6. The van der Waals surface area contributed by atoms with Gasteiger partial charge in [-0.2, -0.15) is 0 Å². The number of hydrogen-bond acceptors (Lipinski definition) is 6. The van der Waals surface area contributed by atoms with Gasteiger partial charge in [-0.15, -0.1) is 0 Å².